The zero-order valence-electron chi connectivity index (χ0n) is 22.2. The molecule has 5 aromatic rings. The van der Waals surface area contributed by atoms with Crippen LogP contribution in [0.1, 0.15) is 47.8 Å². The van der Waals surface area contributed by atoms with Crippen LogP contribution in [-0.4, -0.2) is 72.6 Å². The van der Waals surface area contributed by atoms with Crippen LogP contribution >= 0.6 is 0 Å². The van der Waals surface area contributed by atoms with Gasteiger partial charge >= 0.3 is 0 Å². The van der Waals surface area contributed by atoms with E-state index in [0.29, 0.717) is 35.4 Å². The number of carbonyl (C=O) groups excluding carboxylic acids is 1. The smallest absolute Gasteiger partial charge is 0.274 e. The Hall–Kier alpha value is -4.65. The number of piperidine rings is 1. The standard InChI is InChI=1S/C28H27N9O3S/c1-41(39,40)25-24(18-11-19-8-9-20(12-18)36(19)28(38)23-15-31-35-34-23)33-27-21(14-32-37(27)26(25)29)17-7-10-22(30-13-17)16-5-3-2-4-6-16/h2-7,10,13-15,18-20H,8-9,11-12,29H2,1H3,(H,31,34,35)/t18?,19-,20+. The summed E-state index contributed by atoms with van der Waals surface area (Å²) in [5.74, 6) is -0.312. The summed E-state index contributed by atoms with van der Waals surface area (Å²) in [6.07, 6.45) is 8.78. The first-order valence-corrected chi connectivity index (χ1v) is 15.3. The van der Waals surface area contributed by atoms with Crippen molar-refractivity contribution in [1.29, 1.82) is 0 Å². The molecule has 1 unspecified atom stereocenters. The van der Waals surface area contributed by atoms with Crippen LogP contribution in [0.2, 0.25) is 0 Å². The molecule has 0 aliphatic carbocycles. The molecule has 2 bridgehead atoms. The van der Waals surface area contributed by atoms with Crippen LogP contribution in [-0.2, 0) is 9.84 Å². The lowest BCUT2D eigenvalue weighted by Gasteiger charge is -2.39. The summed E-state index contributed by atoms with van der Waals surface area (Å²) in [4.78, 5) is 24.6. The Morgan fingerprint density at radius 2 is 1.76 bits per heavy atom. The van der Waals surface area contributed by atoms with Gasteiger partial charge in [0.1, 0.15) is 16.4 Å². The minimum absolute atomic E-state index is 0.000792. The van der Waals surface area contributed by atoms with Gasteiger partial charge in [0.2, 0.25) is 0 Å². The number of amides is 1. The average Bonchev–Trinajstić information content (AvgIpc) is 3.71. The normalized spacial score (nSPS) is 20.5. The summed E-state index contributed by atoms with van der Waals surface area (Å²) in [5.41, 5.74) is 11.1. The first kappa shape index (κ1) is 25.3. The van der Waals surface area contributed by atoms with Gasteiger partial charge in [-0.25, -0.2) is 13.4 Å². The molecular weight excluding hydrogens is 542 g/mol. The van der Waals surface area contributed by atoms with Crippen molar-refractivity contribution < 1.29 is 13.2 Å². The summed E-state index contributed by atoms with van der Waals surface area (Å²) < 4.78 is 27.5. The topological polar surface area (TPSA) is 165 Å². The third kappa shape index (κ3) is 4.24. The monoisotopic (exact) mass is 569 g/mol. The number of H-pyrrole nitrogens is 1. The highest BCUT2D eigenvalue weighted by Gasteiger charge is 2.46. The highest BCUT2D eigenvalue weighted by Crippen LogP contribution is 2.45. The number of rotatable bonds is 5. The van der Waals surface area contributed by atoms with E-state index in [2.05, 4.69) is 25.5 Å². The molecule has 1 amide bonds. The average molecular weight is 570 g/mol. The molecule has 13 heteroatoms. The fourth-order valence-electron chi connectivity index (χ4n) is 6.38. The molecule has 3 N–H and O–H groups in total. The van der Waals surface area contributed by atoms with E-state index in [1.54, 1.807) is 12.4 Å². The molecule has 7 rings (SSSR count). The van der Waals surface area contributed by atoms with Gasteiger partial charge in [-0.3, -0.25) is 14.9 Å². The molecule has 1 aromatic carbocycles. The second-order valence-corrected chi connectivity index (χ2v) is 12.7. The number of aromatic amines is 1. The summed E-state index contributed by atoms with van der Waals surface area (Å²) >= 11 is 0. The minimum Gasteiger partial charge on any atom is -0.382 e. The van der Waals surface area contributed by atoms with Crippen LogP contribution in [0, 0.1) is 0 Å². The largest absolute Gasteiger partial charge is 0.382 e. The van der Waals surface area contributed by atoms with Crippen molar-refractivity contribution in [2.24, 2.45) is 0 Å². The zero-order valence-corrected chi connectivity index (χ0v) is 23.0. The van der Waals surface area contributed by atoms with Gasteiger partial charge in [0.15, 0.2) is 15.5 Å². The molecule has 0 spiro atoms. The molecule has 2 saturated heterocycles. The van der Waals surface area contributed by atoms with Crippen LogP contribution < -0.4 is 5.73 Å². The van der Waals surface area contributed by atoms with Crippen molar-refractivity contribution in [3.63, 3.8) is 0 Å². The first-order valence-electron chi connectivity index (χ1n) is 13.4. The number of nitrogens with two attached hydrogens (primary N) is 1. The van der Waals surface area contributed by atoms with Gasteiger partial charge < -0.3 is 10.6 Å². The van der Waals surface area contributed by atoms with E-state index < -0.39 is 9.84 Å². The van der Waals surface area contributed by atoms with E-state index in [9.17, 15) is 13.2 Å². The van der Waals surface area contributed by atoms with Gasteiger partial charge in [0.25, 0.3) is 5.91 Å². The third-order valence-corrected chi connectivity index (χ3v) is 9.34. The van der Waals surface area contributed by atoms with Crippen molar-refractivity contribution >= 4 is 27.2 Å². The lowest BCUT2D eigenvalue weighted by Crippen LogP contribution is -2.46. The highest BCUT2D eigenvalue weighted by molar-refractivity contribution is 7.91. The summed E-state index contributed by atoms with van der Waals surface area (Å²) in [6.45, 7) is 0. The van der Waals surface area contributed by atoms with Crippen LogP contribution in [0.15, 0.2) is 66.0 Å². The summed E-state index contributed by atoms with van der Waals surface area (Å²) in [7, 11) is -3.74. The Kier molecular flexibility index (Phi) is 5.85. The second-order valence-electron chi connectivity index (χ2n) is 10.7. The molecule has 0 radical (unpaired) electrons. The van der Waals surface area contributed by atoms with E-state index in [-0.39, 0.29) is 34.6 Å². The van der Waals surface area contributed by atoms with Gasteiger partial charge in [0, 0.05) is 47.1 Å². The number of fused-ring (bicyclic) bond motifs is 3. The Morgan fingerprint density at radius 3 is 2.39 bits per heavy atom. The second kappa shape index (κ2) is 9.47. The first-order chi connectivity index (χ1) is 19.8. The number of benzene rings is 1. The number of nitrogen functional groups attached to an aromatic ring is 1. The number of aromatic nitrogens is 7. The van der Waals surface area contributed by atoms with Gasteiger partial charge in [-0.1, -0.05) is 41.6 Å². The lowest BCUT2D eigenvalue weighted by molar-refractivity contribution is 0.0562. The number of pyridine rings is 1. The third-order valence-electron chi connectivity index (χ3n) is 8.18. The van der Waals surface area contributed by atoms with E-state index >= 15 is 0 Å². The quantitative estimate of drug-likeness (QED) is 0.323. The van der Waals surface area contributed by atoms with Crippen molar-refractivity contribution in [3.8, 4) is 22.4 Å². The number of hydrogen-bond acceptors (Lipinski definition) is 9. The fraction of sp³-hybridized carbons (Fsp3) is 0.286. The van der Waals surface area contributed by atoms with Gasteiger partial charge in [-0.2, -0.15) is 9.61 Å². The maximum Gasteiger partial charge on any atom is 0.274 e. The molecular formula is C28H27N9O3S. The van der Waals surface area contributed by atoms with Crippen LogP contribution in [0.5, 0.6) is 0 Å². The summed E-state index contributed by atoms with van der Waals surface area (Å²) in [5, 5.41) is 14.5. The molecule has 2 fully saturated rings. The van der Waals surface area contributed by atoms with Gasteiger partial charge in [-0.05, 0) is 31.7 Å². The molecule has 2 aliphatic rings. The maximum atomic E-state index is 13.2. The molecule has 3 atom stereocenters. The Bertz CT molecular complexity index is 1860. The van der Waals surface area contributed by atoms with Crippen molar-refractivity contribution in [3.05, 3.63) is 72.4 Å². The number of carbonyl (C=O) groups is 1. The lowest BCUT2D eigenvalue weighted by atomic mass is 9.87. The van der Waals surface area contributed by atoms with E-state index in [0.717, 1.165) is 35.9 Å². The fourth-order valence-corrected chi connectivity index (χ4v) is 7.44. The maximum absolute atomic E-state index is 13.2. The minimum atomic E-state index is -3.74. The Labute approximate surface area is 235 Å². The molecule has 41 heavy (non-hydrogen) atoms. The number of anilines is 1. The number of nitrogens with zero attached hydrogens (tertiary/aromatic N) is 7. The van der Waals surface area contributed by atoms with Crippen LogP contribution in [0.3, 0.4) is 0 Å². The van der Waals surface area contributed by atoms with Gasteiger partial charge in [0.05, 0.1) is 23.8 Å². The Balaban J connectivity index is 1.29. The molecule has 6 heterocycles. The highest BCUT2D eigenvalue weighted by atomic mass is 32.2. The van der Waals surface area contributed by atoms with Crippen molar-refractivity contribution in [2.45, 2.75) is 48.6 Å². The Morgan fingerprint density at radius 1 is 1.00 bits per heavy atom. The van der Waals surface area contributed by atoms with Gasteiger partial charge in [-0.15, -0.1) is 5.10 Å². The van der Waals surface area contributed by atoms with E-state index in [1.165, 1.54) is 10.7 Å². The molecule has 12 nitrogen and oxygen atoms in total. The predicted octanol–water partition coefficient (Wildman–Crippen LogP) is 3.11. The van der Waals surface area contributed by atoms with Crippen molar-refractivity contribution in [2.75, 3.05) is 12.0 Å². The SMILES string of the molecule is CS(=O)(=O)c1c(C2C[C@H]3CC[C@@H](C2)N3C(=O)c2cnn[nH]2)nc2c(-c3ccc(-c4ccccc4)nc3)cnn2c1N. The molecule has 208 valence electrons. The molecule has 4 aromatic heterocycles. The van der Waals surface area contributed by atoms with Crippen LogP contribution in [0.4, 0.5) is 5.82 Å². The van der Waals surface area contributed by atoms with E-state index in [1.807, 2.05) is 47.4 Å². The number of hydrogen-bond donors (Lipinski definition) is 2. The predicted molar refractivity (Wildman–Crippen MR) is 151 cm³/mol. The van der Waals surface area contributed by atoms with Crippen molar-refractivity contribution in [1.82, 2.24) is 39.9 Å². The zero-order chi connectivity index (χ0) is 28.3. The molecule has 0 saturated carbocycles. The van der Waals surface area contributed by atoms with E-state index in [4.69, 9.17) is 10.7 Å². The van der Waals surface area contributed by atoms with Crippen LogP contribution in [0.25, 0.3) is 28.0 Å². The number of nitrogens with one attached hydrogen (secondary N) is 1. The summed E-state index contributed by atoms with van der Waals surface area (Å²) in [6, 6.07) is 13.6. The molecule has 2 aliphatic heterocycles. The number of sulfone groups is 1.